The Morgan fingerprint density at radius 1 is 1.42 bits per heavy atom. The molecule has 0 aliphatic carbocycles. The van der Waals surface area contributed by atoms with Crippen LogP contribution in [0.4, 0.5) is 5.69 Å². The van der Waals surface area contributed by atoms with Crippen LogP contribution in [0.3, 0.4) is 0 Å². The number of aldehydes is 1. The molecule has 0 spiro atoms. The number of hydrogen-bond donors (Lipinski definition) is 0. The summed E-state index contributed by atoms with van der Waals surface area (Å²) in [6.07, 6.45) is 1.65. The molecule has 7 nitrogen and oxygen atoms in total. The minimum atomic E-state index is -0.444. The fourth-order valence-electron chi connectivity index (χ4n) is 3.12. The monoisotopic (exact) mass is 342 g/mol. The predicted molar refractivity (Wildman–Crippen MR) is 90.6 cm³/mol. The van der Waals surface area contributed by atoms with Gasteiger partial charge in [0.1, 0.15) is 11.4 Å². The number of likely N-dealkylation sites (N-methyl/N-ethyl adjacent to an activating group) is 1. The Labute approximate surface area is 141 Å². The first-order valence-corrected chi connectivity index (χ1v) is 8.31. The van der Waals surface area contributed by atoms with Crippen molar-refractivity contribution in [3.8, 4) is 11.3 Å². The van der Waals surface area contributed by atoms with Gasteiger partial charge >= 0.3 is 0 Å². The normalized spacial score (nSPS) is 14.7. The summed E-state index contributed by atoms with van der Waals surface area (Å²) in [5.41, 5.74) is 2.67. The molecule has 122 valence electrons. The van der Waals surface area contributed by atoms with Crippen molar-refractivity contribution in [3.63, 3.8) is 0 Å². The first-order valence-electron chi connectivity index (χ1n) is 7.50. The second-order valence-electron chi connectivity index (χ2n) is 5.85. The highest BCUT2D eigenvalue weighted by molar-refractivity contribution is 7.17. The average Bonchev–Trinajstić information content (AvgIpc) is 3.09. The highest BCUT2D eigenvalue weighted by Crippen LogP contribution is 2.34. The summed E-state index contributed by atoms with van der Waals surface area (Å²) >= 11 is 1.58. The van der Waals surface area contributed by atoms with Gasteiger partial charge in [-0.3, -0.25) is 19.3 Å². The maximum absolute atomic E-state index is 11.7. The molecule has 1 aromatic carbocycles. The van der Waals surface area contributed by atoms with Gasteiger partial charge in [0.2, 0.25) is 0 Å². The zero-order chi connectivity index (χ0) is 16.8. The number of thiazole rings is 1. The van der Waals surface area contributed by atoms with Crippen LogP contribution in [0.25, 0.3) is 16.2 Å². The summed E-state index contributed by atoms with van der Waals surface area (Å²) in [7, 11) is 2.07. The first-order chi connectivity index (χ1) is 11.6. The lowest BCUT2D eigenvalue weighted by atomic mass is 10.1. The van der Waals surface area contributed by atoms with Gasteiger partial charge in [0, 0.05) is 47.8 Å². The van der Waals surface area contributed by atoms with E-state index in [9.17, 15) is 14.9 Å². The third kappa shape index (κ3) is 2.22. The van der Waals surface area contributed by atoms with Crippen molar-refractivity contribution in [2.75, 3.05) is 13.6 Å². The van der Waals surface area contributed by atoms with Gasteiger partial charge in [-0.25, -0.2) is 4.98 Å². The van der Waals surface area contributed by atoms with Crippen LogP contribution in [0.15, 0.2) is 24.3 Å². The van der Waals surface area contributed by atoms with E-state index in [0.717, 1.165) is 36.5 Å². The topological polar surface area (TPSA) is 80.8 Å². The van der Waals surface area contributed by atoms with Crippen molar-refractivity contribution >= 4 is 28.3 Å². The molecule has 8 heteroatoms. The Balaban J connectivity index is 1.91. The number of non-ortho nitro benzene ring substituents is 1. The molecular formula is C16H14N4O3S. The number of nitro groups is 1. The van der Waals surface area contributed by atoms with E-state index in [1.165, 1.54) is 17.0 Å². The average molecular weight is 342 g/mol. The van der Waals surface area contributed by atoms with Gasteiger partial charge in [0.05, 0.1) is 4.92 Å². The molecule has 4 rings (SSSR count). The molecule has 0 fully saturated rings. The van der Waals surface area contributed by atoms with Gasteiger partial charge in [-0.1, -0.05) is 23.5 Å². The smallest absolute Gasteiger partial charge is 0.270 e. The molecule has 2 aromatic heterocycles. The van der Waals surface area contributed by atoms with Crippen molar-refractivity contribution in [2.45, 2.75) is 13.0 Å². The van der Waals surface area contributed by atoms with Crippen molar-refractivity contribution < 1.29 is 9.72 Å². The number of aromatic nitrogens is 2. The standard InChI is InChI=1S/C16H14N4O3S/c1-18-6-5-12-14(8-18)24-16-17-15(13(9-21)19(12)16)10-3-2-4-11(7-10)20(22)23/h2-4,7,9H,5-6,8H2,1H3. The van der Waals surface area contributed by atoms with E-state index >= 15 is 0 Å². The van der Waals surface area contributed by atoms with E-state index in [4.69, 9.17) is 0 Å². The van der Waals surface area contributed by atoms with Crippen LogP contribution in [-0.4, -0.2) is 39.1 Å². The molecule has 0 unspecified atom stereocenters. The fourth-order valence-corrected chi connectivity index (χ4v) is 4.37. The maximum Gasteiger partial charge on any atom is 0.270 e. The summed E-state index contributed by atoms with van der Waals surface area (Å²) < 4.78 is 1.91. The Morgan fingerprint density at radius 2 is 2.25 bits per heavy atom. The van der Waals surface area contributed by atoms with Gasteiger partial charge in [-0.05, 0) is 7.05 Å². The quantitative estimate of drug-likeness (QED) is 0.415. The molecule has 0 amide bonds. The highest BCUT2D eigenvalue weighted by Gasteiger charge is 2.25. The van der Waals surface area contributed by atoms with Crippen LogP contribution < -0.4 is 0 Å². The third-order valence-electron chi connectivity index (χ3n) is 4.27. The zero-order valence-corrected chi connectivity index (χ0v) is 13.7. The van der Waals surface area contributed by atoms with Crippen molar-refractivity contribution in [2.24, 2.45) is 0 Å². The van der Waals surface area contributed by atoms with Crippen molar-refractivity contribution in [1.29, 1.82) is 0 Å². The van der Waals surface area contributed by atoms with Crippen LogP contribution in [0, 0.1) is 10.1 Å². The molecule has 0 bridgehead atoms. The Morgan fingerprint density at radius 3 is 3.00 bits per heavy atom. The SMILES string of the molecule is CN1CCc2c(sc3nc(-c4cccc([N+](=O)[O-])c4)c(C=O)n23)C1. The predicted octanol–water partition coefficient (Wildman–Crippen LogP) is 2.77. The molecule has 0 atom stereocenters. The second-order valence-corrected chi connectivity index (χ2v) is 6.91. The number of benzene rings is 1. The van der Waals surface area contributed by atoms with Crippen LogP contribution >= 0.6 is 11.3 Å². The number of nitrogens with zero attached hydrogens (tertiary/aromatic N) is 4. The maximum atomic E-state index is 11.7. The summed E-state index contributed by atoms with van der Waals surface area (Å²) in [6, 6.07) is 6.24. The Bertz CT molecular complexity index is 975. The van der Waals surface area contributed by atoms with Gasteiger partial charge in [-0.15, -0.1) is 0 Å². The fraction of sp³-hybridized carbons (Fsp3) is 0.250. The van der Waals surface area contributed by atoms with Gasteiger partial charge in [-0.2, -0.15) is 0 Å². The van der Waals surface area contributed by atoms with Gasteiger partial charge in [0.15, 0.2) is 11.2 Å². The Kier molecular flexibility index (Phi) is 3.43. The molecule has 24 heavy (non-hydrogen) atoms. The van der Waals surface area contributed by atoms with E-state index in [1.54, 1.807) is 23.5 Å². The van der Waals surface area contributed by atoms with Crippen LogP contribution in [0.2, 0.25) is 0 Å². The number of imidazole rings is 1. The highest BCUT2D eigenvalue weighted by atomic mass is 32.1. The zero-order valence-electron chi connectivity index (χ0n) is 12.9. The van der Waals surface area contributed by atoms with E-state index in [-0.39, 0.29) is 5.69 Å². The molecule has 1 aliphatic heterocycles. The minimum Gasteiger partial charge on any atom is -0.301 e. The lowest BCUT2D eigenvalue weighted by Crippen LogP contribution is -2.26. The molecular weight excluding hydrogens is 328 g/mol. The van der Waals surface area contributed by atoms with Crippen molar-refractivity contribution in [1.82, 2.24) is 14.3 Å². The molecule has 1 aliphatic rings. The number of carbonyl (C=O) groups excluding carboxylic acids is 1. The van der Waals surface area contributed by atoms with Crippen LogP contribution in [-0.2, 0) is 13.0 Å². The molecule has 3 heterocycles. The van der Waals surface area contributed by atoms with Crippen LogP contribution in [0.5, 0.6) is 0 Å². The molecule has 0 radical (unpaired) electrons. The van der Waals surface area contributed by atoms with E-state index in [1.807, 2.05) is 4.40 Å². The largest absolute Gasteiger partial charge is 0.301 e. The lowest BCUT2D eigenvalue weighted by Gasteiger charge is -2.21. The Hall–Kier alpha value is -2.58. The second kappa shape index (κ2) is 5.50. The molecule has 0 N–H and O–H groups in total. The molecule has 0 saturated heterocycles. The van der Waals surface area contributed by atoms with Gasteiger partial charge < -0.3 is 4.90 Å². The number of rotatable bonds is 3. The third-order valence-corrected chi connectivity index (χ3v) is 5.34. The van der Waals surface area contributed by atoms with Crippen molar-refractivity contribution in [3.05, 3.63) is 50.6 Å². The lowest BCUT2D eigenvalue weighted by molar-refractivity contribution is -0.384. The summed E-state index contributed by atoms with van der Waals surface area (Å²) in [5.74, 6) is 0. The summed E-state index contributed by atoms with van der Waals surface area (Å²) in [4.78, 5) is 31.1. The number of fused-ring (bicyclic) bond motifs is 3. The van der Waals surface area contributed by atoms with Crippen LogP contribution in [0.1, 0.15) is 21.1 Å². The number of hydrogen-bond acceptors (Lipinski definition) is 6. The summed E-state index contributed by atoms with van der Waals surface area (Å²) in [5, 5.41) is 11.0. The van der Waals surface area contributed by atoms with E-state index < -0.39 is 4.92 Å². The molecule has 0 saturated carbocycles. The minimum absolute atomic E-state index is 0.00985. The number of nitro benzene ring substituents is 1. The first kappa shape index (κ1) is 15.0. The van der Waals surface area contributed by atoms with Gasteiger partial charge in [0.25, 0.3) is 5.69 Å². The molecule has 3 aromatic rings. The van der Waals surface area contributed by atoms with E-state index in [2.05, 4.69) is 16.9 Å². The van der Waals surface area contributed by atoms with E-state index in [0.29, 0.717) is 17.0 Å². The number of carbonyl (C=O) groups is 1. The summed E-state index contributed by atoms with van der Waals surface area (Å²) in [6.45, 7) is 1.79.